The van der Waals surface area contributed by atoms with Gasteiger partial charge in [-0.2, -0.15) is 0 Å². The minimum atomic E-state index is -0.303. The lowest BCUT2D eigenvalue weighted by molar-refractivity contribution is -0.139. The van der Waals surface area contributed by atoms with E-state index in [1.165, 1.54) is 0 Å². The van der Waals surface area contributed by atoms with Crippen LogP contribution in [0.5, 0.6) is 0 Å². The summed E-state index contributed by atoms with van der Waals surface area (Å²) in [6.07, 6.45) is 5.37. The number of nitrogens with zero attached hydrogens (tertiary/aromatic N) is 3. The van der Waals surface area contributed by atoms with E-state index in [0.717, 1.165) is 0 Å². The minimum absolute atomic E-state index is 0.102. The Kier molecular flexibility index (Phi) is 3.08. The molecule has 0 radical (unpaired) electrons. The first-order chi connectivity index (χ1) is 8.15. The number of rotatable bonds is 2. The van der Waals surface area contributed by atoms with Crippen LogP contribution in [-0.2, 0) is 9.53 Å². The number of ether oxygens (including phenoxy) is 1. The molecule has 17 heavy (non-hydrogen) atoms. The Morgan fingerprint density at radius 3 is 3.06 bits per heavy atom. The lowest BCUT2D eigenvalue weighted by atomic mass is 10.0. The molecule has 2 heterocycles. The second-order valence-corrected chi connectivity index (χ2v) is 3.83. The van der Waals surface area contributed by atoms with Gasteiger partial charge >= 0.3 is 5.97 Å². The third kappa shape index (κ3) is 2.00. The van der Waals surface area contributed by atoms with Crippen LogP contribution in [0.15, 0.2) is 33.5 Å². The van der Waals surface area contributed by atoms with Crippen molar-refractivity contribution in [2.24, 2.45) is 9.98 Å². The quantitative estimate of drug-likeness (QED) is 0.679. The van der Waals surface area contributed by atoms with E-state index < -0.39 is 0 Å². The van der Waals surface area contributed by atoms with Crippen LogP contribution in [0, 0.1) is 0 Å². The van der Waals surface area contributed by atoms with Crippen LogP contribution in [0.25, 0.3) is 0 Å². The van der Waals surface area contributed by atoms with Crippen LogP contribution in [0.3, 0.4) is 0 Å². The Bertz CT molecular complexity index is 460. The highest BCUT2D eigenvalue weighted by Crippen LogP contribution is 2.25. The van der Waals surface area contributed by atoms with Gasteiger partial charge in [-0.15, -0.1) is 0 Å². The smallest absolute Gasteiger partial charge is 0.337 e. The zero-order chi connectivity index (χ0) is 12.4. The summed E-state index contributed by atoms with van der Waals surface area (Å²) in [7, 11) is 0. The molecule has 0 aromatic carbocycles. The summed E-state index contributed by atoms with van der Waals surface area (Å²) >= 11 is 0. The normalized spacial score (nSPS) is 22.4. The molecule has 2 aliphatic rings. The van der Waals surface area contributed by atoms with E-state index in [4.69, 9.17) is 4.74 Å². The summed E-state index contributed by atoms with van der Waals surface area (Å²) in [6, 6.07) is -0.102. The molecule has 0 aromatic heterocycles. The molecule has 0 spiro atoms. The maximum Gasteiger partial charge on any atom is 0.337 e. The highest BCUT2D eigenvalue weighted by atomic mass is 16.5. The van der Waals surface area contributed by atoms with Gasteiger partial charge in [-0.3, -0.25) is 0 Å². The summed E-state index contributed by atoms with van der Waals surface area (Å²) < 4.78 is 5.05. The number of guanidine groups is 1. The van der Waals surface area contributed by atoms with Crippen molar-refractivity contribution in [3.05, 3.63) is 23.5 Å². The van der Waals surface area contributed by atoms with Crippen molar-refractivity contribution in [3.8, 4) is 0 Å². The Morgan fingerprint density at radius 2 is 2.35 bits per heavy atom. The van der Waals surface area contributed by atoms with Gasteiger partial charge in [0.2, 0.25) is 5.96 Å². The Morgan fingerprint density at radius 1 is 1.59 bits per heavy atom. The lowest BCUT2D eigenvalue weighted by Crippen LogP contribution is -2.41. The number of aliphatic imine (C=N–C) groups is 2. The number of hydrogen-bond acceptors (Lipinski definition) is 5. The maximum atomic E-state index is 11.9. The molecule has 1 atom stereocenters. The molecular weight excluding hydrogens is 218 g/mol. The molecule has 0 aliphatic carbocycles. The van der Waals surface area contributed by atoms with E-state index in [1.807, 2.05) is 24.1 Å². The van der Waals surface area contributed by atoms with Crippen LogP contribution in [0.1, 0.15) is 20.8 Å². The third-order valence-corrected chi connectivity index (χ3v) is 2.74. The van der Waals surface area contributed by atoms with Crippen LogP contribution in [0.2, 0.25) is 0 Å². The number of carbonyl (C=O) groups is 1. The zero-order valence-corrected chi connectivity index (χ0v) is 10.2. The van der Waals surface area contributed by atoms with Crippen molar-refractivity contribution in [2.75, 3.05) is 6.61 Å². The summed E-state index contributed by atoms with van der Waals surface area (Å²) in [6.45, 7) is 5.91. The van der Waals surface area contributed by atoms with Crippen LogP contribution >= 0.6 is 0 Å². The van der Waals surface area contributed by atoms with E-state index in [-0.39, 0.29) is 12.0 Å². The Hall–Kier alpha value is -1.91. The van der Waals surface area contributed by atoms with E-state index in [9.17, 15) is 4.79 Å². The summed E-state index contributed by atoms with van der Waals surface area (Å²) in [5, 5.41) is 0. The first kappa shape index (κ1) is 11.6. The molecule has 2 rings (SSSR count). The number of fused-ring (bicyclic) bond motifs is 1. The fraction of sp³-hybridized carbons (Fsp3) is 0.417. The van der Waals surface area contributed by atoms with Gasteiger partial charge in [0.1, 0.15) is 0 Å². The molecule has 0 saturated carbocycles. The lowest BCUT2D eigenvalue weighted by Gasteiger charge is -2.32. The minimum Gasteiger partial charge on any atom is -0.463 e. The molecular formula is C12H15N3O2. The third-order valence-electron chi connectivity index (χ3n) is 2.74. The number of hydrogen-bond donors (Lipinski definition) is 0. The Labute approximate surface area is 100 Å². The summed E-state index contributed by atoms with van der Waals surface area (Å²) in [4.78, 5) is 22.2. The van der Waals surface area contributed by atoms with Crippen molar-refractivity contribution < 1.29 is 9.53 Å². The largest absolute Gasteiger partial charge is 0.463 e. The van der Waals surface area contributed by atoms with E-state index in [2.05, 4.69) is 9.98 Å². The molecule has 0 aromatic rings. The predicted molar refractivity (Wildman–Crippen MR) is 65.7 cm³/mol. The van der Waals surface area contributed by atoms with Crippen molar-refractivity contribution in [1.29, 1.82) is 0 Å². The van der Waals surface area contributed by atoms with Crippen molar-refractivity contribution in [1.82, 2.24) is 4.90 Å². The van der Waals surface area contributed by atoms with E-state index in [1.54, 1.807) is 20.1 Å². The fourth-order valence-electron chi connectivity index (χ4n) is 1.94. The van der Waals surface area contributed by atoms with Gasteiger partial charge < -0.3 is 9.64 Å². The molecule has 5 nitrogen and oxygen atoms in total. The molecule has 5 heteroatoms. The predicted octanol–water partition coefficient (Wildman–Crippen LogP) is 1.48. The highest BCUT2D eigenvalue weighted by molar-refractivity contribution is 5.99. The standard InChI is InChI=1S/C12H15N3O2/c1-4-17-11(16)10-8(2)14-12-13-6-5-7-15(12)9(10)3/h5-7,9H,4H2,1-3H3. The average molecular weight is 233 g/mol. The molecule has 0 saturated heterocycles. The molecule has 0 amide bonds. The number of allylic oxidation sites excluding steroid dienone is 2. The van der Waals surface area contributed by atoms with Gasteiger partial charge in [-0.05, 0) is 26.8 Å². The van der Waals surface area contributed by atoms with Crippen molar-refractivity contribution in [3.63, 3.8) is 0 Å². The second-order valence-electron chi connectivity index (χ2n) is 3.83. The highest BCUT2D eigenvalue weighted by Gasteiger charge is 2.31. The van der Waals surface area contributed by atoms with Crippen LogP contribution in [0.4, 0.5) is 0 Å². The van der Waals surface area contributed by atoms with E-state index >= 15 is 0 Å². The van der Waals surface area contributed by atoms with E-state index in [0.29, 0.717) is 23.8 Å². The molecule has 2 aliphatic heterocycles. The van der Waals surface area contributed by atoms with Gasteiger partial charge in [-0.25, -0.2) is 14.8 Å². The van der Waals surface area contributed by atoms with Gasteiger partial charge in [-0.1, -0.05) is 0 Å². The molecule has 1 unspecified atom stereocenters. The zero-order valence-electron chi connectivity index (χ0n) is 10.2. The number of carbonyl (C=O) groups excluding carboxylic acids is 1. The molecule has 0 bridgehead atoms. The number of esters is 1. The summed E-state index contributed by atoms with van der Waals surface area (Å²) in [5.41, 5.74) is 1.27. The molecule has 0 N–H and O–H groups in total. The second kappa shape index (κ2) is 4.53. The van der Waals surface area contributed by atoms with Crippen LogP contribution < -0.4 is 0 Å². The van der Waals surface area contributed by atoms with Gasteiger partial charge in [0.15, 0.2) is 0 Å². The van der Waals surface area contributed by atoms with Gasteiger partial charge in [0, 0.05) is 12.4 Å². The van der Waals surface area contributed by atoms with Crippen LogP contribution in [-0.4, -0.2) is 35.7 Å². The monoisotopic (exact) mass is 233 g/mol. The average Bonchev–Trinajstić information content (AvgIpc) is 2.29. The van der Waals surface area contributed by atoms with Gasteiger partial charge in [0.25, 0.3) is 0 Å². The van der Waals surface area contributed by atoms with Crippen molar-refractivity contribution in [2.45, 2.75) is 26.8 Å². The fourth-order valence-corrected chi connectivity index (χ4v) is 1.94. The first-order valence-corrected chi connectivity index (χ1v) is 5.61. The Balaban J connectivity index is 2.37. The first-order valence-electron chi connectivity index (χ1n) is 5.61. The molecule has 0 fully saturated rings. The SMILES string of the molecule is CCOC(=O)C1=C(C)N=C2N=CC=CN2C1C. The topological polar surface area (TPSA) is 54.3 Å². The van der Waals surface area contributed by atoms with Crippen molar-refractivity contribution >= 4 is 18.1 Å². The van der Waals surface area contributed by atoms with Gasteiger partial charge in [0.05, 0.1) is 23.9 Å². The summed E-state index contributed by atoms with van der Waals surface area (Å²) in [5.74, 6) is 0.314. The maximum absolute atomic E-state index is 11.9. The molecule has 90 valence electrons.